The van der Waals surface area contributed by atoms with Gasteiger partial charge in [0.15, 0.2) is 12.4 Å². The van der Waals surface area contributed by atoms with Gasteiger partial charge in [-0.3, -0.25) is 9.48 Å². The number of nitrogens with one attached hydrogen (secondary N) is 1. The number of benzene rings is 2. The van der Waals surface area contributed by atoms with Crippen LogP contribution < -0.4 is 10.1 Å². The largest absolute Gasteiger partial charge is 0.470 e. The van der Waals surface area contributed by atoms with Crippen molar-refractivity contribution in [3.8, 4) is 5.75 Å². The molecule has 0 unspecified atom stereocenters. The van der Waals surface area contributed by atoms with E-state index < -0.39 is 0 Å². The molecule has 1 amide bonds. The Labute approximate surface area is 182 Å². The Balaban J connectivity index is 1.34. The number of hydrogen-bond donors (Lipinski definition) is 1. The van der Waals surface area contributed by atoms with Gasteiger partial charge in [-0.2, -0.15) is 10.2 Å². The standard InChI is InChI=1S/C21H17Cl2N5O2/c22-16-7-5-15(6-8-16)12-28-13-17(11-24-28)25-21(29)19-9-10-27(26-19)14-30-20-4-2-1-3-18(20)23/h1-11,13H,12,14H2,(H,25,29). The molecule has 152 valence electrons. The van der Waals surface area contributed by atoms with Crippen LogP contribution in [-0.2, 0) is 13.3 Å². The number of amides is 1. The predicted octanol–water partition coefficient (Wildman–Crippen LogP) is 4.72. The summed E-state index contributed by atoms with van der Waals surface area (Å²) in [5.74, 6) is 0.214. The van der Waals surface area contributed by atoms with Crippen LogP contribution >= 0.6 is 23.2 Å². The second-order valence-electron chi connectivity index (χ2n) is 6.45. The molecule has 0 saturated heterocycles. The first-order valence-corrected chi connectivity index (χ1v) is 9.81. The van der Waals surface area contributed by atoms with Crippen molar-refractivity contribution in [1.29, 1.82) is 0 Å². The Bertz CT molecular complexity index is 1150. The van der Waals surface area contributed by atoms with Gasteiger partial charge in [-0.05, 0) is 35.9 Å². The SMILES string of the molecule is O=C(Nc1cnn(Cc2ccc(Cl)cc2)c1)c1ccn(COc2ccccc2Cl)n1. The van der Waals surface area contributed by atoms with E-state index in [0.717, 1.165) is 5.56 Å². The highest BCUT2D eigenvalue weighted by molar-refractivity contribution is 6.32. The van der Waals surface area contributed by atoms with Crippen LogP contribution in [0.3, 0.4) is 0 Å². The van der Waals surface area contributed by atoms with Crippen LogP contribution in [0.2, 0.25) is 10.0 Å². The van der Waals surface area contributed by atoms with Crippen LogP contribution in [0.4, 0.5) is 5.69 Å². The van der Waals surface area contributed by atoms with Crippen molar-refractivity contribution in [2.24, 2.45) is 0 Å². The molecular weight excluding hydrogens is 425 g/mol. The van der Waals surface area contributed by atoms with E-state index in [-0.39, 0.29) is 18.3 Å². The average Bonchev–Trinajstić information content (AvgIpc) is 3.39. The average molecular weight is 442 g/mol. The number of nitrogens with zero attached hydrogens (tertiary/aromatic N) is 4. The van der Waals surface area contributed by atoms with Crippen LogP contribution in [0, 0.1) is 0 Å². The second kappa shape index (κ2) is 9.02. The zero-order chi connectivity index (χ0) is 20.9. The highest BCUT2D eigenvalue weighted by Crippen LogP contribution is 2.23. The summed E-state index contributed by atoms with van der Waals surface area (Å²) in [5, 5.41) is 12.5. The number of carbonyl (C=O) groups is 1. The minimum Gasteiger partial charge on any atom is -0.470 e. The van der Waals surface area contributed by atoms with Gasteiger partial charge in [0.25, 0.3) is 5.91 Å². The summed E-state index contributed by atoms with van der Waals surface area (Å²) in [6, 6.07) is 16.3. The number of anilines is 1. The van der Waals surface area contributed by atoms with Crippen LogP contribution in [0.25, 0.3) is 0 Å². The Kier molecular flexibility index (Phi) is 6.02. The minimum atomic E-state index is -0.336. The third-order valence-corrected chi connectivity index (χ3v) is 4.78. The van der Waals surface area contributed by atoms with Crippen LogP contribution in [0.15, 0.2) is 73.2 Å². The van der Waals surface area contributed by atoms with Crippen molar-refractivity contribution in [3.63, 3.8) is 0 Å². The first kappa shape index (κ1) is 20.0. The fourth-order valence-corrected chi connectivity index (χ4v) is 3.06. The van der Waals surface area contributed by atoms with E-state index in [1.54, 1.807) is 41.5 Å². The molecule has 0 radical (unpaired) electrons. The first-order valence-electron chi connectivity index (χ1n) is 9.06. The fourth-order valence-electron chi connectivity index (χ4n) is 2.74. The third kappa shape index (κ3) is 5.00. The van der Waals surface area contributed by atoms with Crippen LogP contribution in [0.1, 0.15) is 16.1 Å². The Hall–Kier alpha value is -3.29. The Morgan fingerprint density at radius 1 is 1.03 bits per heavy atom. The fraction of sp³-hybridized carbons (Fsp3) is 0.0952. The highest BCUT2D eigenvalue weighted by Gasteiger charge is 2.12. The Morgan fingerprint density at radius 2 is 1.83 bits per heavy atom. The molecule has 2 aromatic heterocycles. The van der Waals surface area contributed by atoms with Gasteiger partial charge in [0.2, 0.25) is 0 Å². The van der Waals surface area contributed by atoms with Gasteiger partial charge in [0.05, 0.1) is 23.5 Å². The number of carbonyl (C=O) groups excluding carboxylic acids is 1. The number of halogens is 2. The third-order valence-electron chi connectivity index (χ3n) is 4.21. The normalized spacial score (nSPS) is 10.7. The van der Waals surface area contributed by atoms with Gasteiger partial charge in [0.1, 0.15) is 5.75 Å². The lowest BCUT2D eigenvalue weighted by Gasteiger charge is -2.07. The van der Waals surface area contributed by atoms with E-state index in [4.69, 9.17) is 27.9 Å². The second-order valence-corrected chi connectivity index (χ2v) is 7.30. The molecule has 0 spiro atoms. The molecule has 0 saturated carbocycles. The molecule has 30 heavy (non-hydrogen) atoms. The summed E-state index contributed by atoms with van der Waals surface area (Å²) < 4.78 is 8.86. The molecule has 0 aliphatic heterocycles. The van der Waals surface area contributed by atoms with Gasteiger partial charge in [-0.15, -0.1) is 0 Å². The summed E-state index contributed by atoms with van der Waals surface area (Å²) in [7, 11) is 0. The van der Waals surface area contributed by atoms with E-state index in [2.05, 4.69) is 15.5 Å². The Morgan fingerprint density at radius 3 is 2.63 bits per heavy atom. The molecule has 0 aliphatic carbocycles. The maximum atomic E-state index is 12.5. The maximum absolute atomic E-state index is 12.5. The summed E-state index contributed by atoms with van der Waals surface area (Å²) in [6.07, 6.45) is 5.01. The number of aromatic nitrogens is 4. The molecule has 0 bridgehead atoms. The van der Waals surface area contributed by atoms with Gasteiger partial charge >= 0.3 is 0 Å². The van der Waals surface area contributed by atoms with Crippen LogP contribution in [-0.4, -0.2) is 25.5 Å². The molecule has 2 aromatic carbocycles. The molecule has 7 nitrogen and oxygen atoms in total. The number of hydrogen-bond acceptors (Lipinski definition) is 4. The molecule has 1 N–H and O–H groups in total. The molecule has 2 heterocycles. The zero-order valence-corrected chi connectivity index (χ0v) is 17.2. The van der Waals surface area contributed by atoms with E-state index in [9.17, 15) is 4.79 Å². The van der Waals surface area contributed by atoms with E-state index in [1.807, 2.05) is 36.4 Å². The lowest BCUT2D eigenvalue weighted by atomic mass is 10.2. The van der Waals surface area contributed by atoms with Crippen LogP contribution in [0.5, 0.6) is 5.75 Å². The maximum Gasteiger partial charge on any atom is 0.276 e. The summed E-state index contributed by atoms with van der Waals surface area (Å²) >= 11 is 12.0. The molecule has 4 rings (SSSR count). The van der Waals surface area contributed by atoms with Gasteiger partial charge < -0.3 is 10.1 Å². The molecular formula is C21H17Cl2N5O2. The van der Waals surface area contributed by atoms with E-state index in [0.29, 0.717) is 28.0 Å². The molecule has 4 aromatic rings. The van der Waals surface area contributed by atoms with Crippen molar-refractivity contribution in [2.45, 2.75) is 13.3 Å². The van der Waals surface area contributed by atoms with E-state index >= 15 is 0 Å². The topological polar surface area (TPSA) is 74.0 Å². The van der Waals surface area contributed by atoms with Crippen molar-refractivity contribution < 1.29 is 9.53 Å². The predicted molar refractivity (Wildman–Crippen MR) is 115 cm³/mol. The zero-order valence-electron chi connectivity index (χ0n) is 15.7. The van der Waals surface area contributed by atoms with E-state index in [1.165, 1.54) is 4.68 Å². The van der Waals surface area contributed by atoms with Gasteiger partial charge in [-0.1, -0.05) is 47.5 Å². The molecule has 9 heteroatoms. The minimum absolute atomic E-state index is 0.135. The monoisotopic (exact) mass is 441 g/mol. The lowest BCUT2D eigenvalue weighted by Crippen LogP contribution is -2.14. The van der Waals surface area contributed by atoms with Gasteiger partial charge in [0, 0.05) is 17.4 Å². The number of para-hydroxylation sites is 1. The first-order chi connectivity index (χ1) is 14.6. The van der Waals surface area contributed by atoms with Crippen molar-refractivity contribution in [3.05, 3.63) is 94.5 Å². The summed E-state index contributed by atoms with van der Waals surface area (Å²) in [6.45, 7) is 0.705. The highest BCUT2D eigenvalue weighted by atomic mass is 35.5. The van der Waals surface area contributed by atoms with Crippen molar-refractivity contribution in [2.75, 3.05) is 5.32 Å². The number of rotatable bonds is 7. The molecule has 0 fully saturated rings. The quantitative estimate of drug-likeness (QED) is 0.450. The molecule has 0 atom stereocenters. The lowest BCUT2D eigenvalue weighted by molar-refractivity contribution is 0.102. The summed E-state index contributed by atoms with van der Waals surface area (Å²) in [4.78, 5) is 12.5. The van der Waals surface area contributed by atoms with Crippen molar-refractivity contribution >= 4 is 34.8 Å². The summed E-state index contributed by atoms with van der Waals surface area (Å²) in [5.41, 5.74) is 1.90. The molecule has 0 aliphatic rings. The van der Waals surface area contributed by atoms with Gasteiger partial charge in [-0.25, -0.2) is 4.68 Å². The number of ether oxygens (including phenoxy) is 1. The van der Waals surface area contributed by atoms with Crippen molar-refractivity contribution in [1.82, 2.24) is 19.6 Å². The smallest absolute Gasteiger partial charge is 0.276 e.